The van der Waals surface area contributed by atoms with Crippen molar-refractivity contribution in [3.8, 4) is 56.5 Å². The number of nitrogens with zero attached hydrogens (tertiary/aromatic N) is 5. The van der Waals surface area contributed by atoms with E-state index < -0.39 is 0 Å². The predicted molar refractivity (Wildman–Crippen MR) is 187 cm³/mol. The Hall–Kier alpha value is -6.53. The number of rotatable bonds is 5. The molecule has 0 atom stereocenters. The molecule has 0 aliphatic carbocycles. The van der Waals surface area contributed by atoms with E-state index in [4.69, 9.17) is 29.3 Å². The van der Waals surface area contributed by atoms with Gasteiger partial charge in [-0.1, -0.05) is 115 Å². The Labute approximate surface area is 270 Å². The van der Waals surface area contributed by atoms with Gasteiger partial charge in [0.15, 0.2) is 17.5 Å². The summed E-state index contributed by atoms with van der Waals surface area (Å²) in [4.78, 5) is 24.7. The largest absolute Gasteiger partial charge is 0.456 e. The van der Waals surface area contributed by atoms with Crippen molar-refractivity contribution >= 4 is 32.8 Å². The second-order valence-corrected chi connectivity index (χ2v) is 11.3. The maximum atomic E-state index is 6.26. The van der Waals surface area contributed by atoms with Crippen molar-refractivity contribution in [1.29, 1.82) is 0 Å². The SMILES string of the molecule is c1ccc(-c2nc(-c3ccccc3)nc(-c3cccc(-c4ccc5cccnc5c4-c4nccc5oc6ccccc6c45)c3)n2)cc1. The molecule has 0 N–H and O–H groups in total. The third kappa shape index (κ3) is 4.71. The van der Waals surface area contributed by atoms with E-state index in [-0.39, 0.29) is 0 Å². The average Bonchev–Trinajstić information content (AvgIpc) is 3.54. The smallest absolute Gasteiger partial charge is 0.164 e. The molecule has 220 valence electrons. The van der Waals surface area contributed by atoms with E-state index >= 15 is 0 Å². The Balaban J connectivity index is 1.27. The topological polar surface area (TPSA) is 77.6 Å². The lowest BCUT2D eigenvalue weighted by molar-refractivity contribution is 0.668. The van der Waals surface area contributed by atoms with Gasteiger partial charge in [0.1, 0.15) is 11.2 Å². The van der Waals surface area contributed by atoms with Crippen molar-refractivity contribution in [1.82, 2.24) is 24.9 Å². The highest BCUT2D eigenvalue weighted by molar-refractivity contribution is 6.15. The van der Waals surface area contributed by atoms with Crippen LogP contribution in [-0.2, 0) is 0 Å². The molecule has 47 heavy (non-hydrogen) atoms. The maximum Gasteiger partial charge on any atom is 0.164 e. The molecular formula is C41H25N5O. The lowest BCUT2D eigenvalue weighted by atomic mass is 9.92. The highest BCUT2D eigenvalue weighted by Gasteiger charge is 2.21. The van der Waals surface area contributed by atoms with Gasteiger partial charge in [-0.05, 0) is 35.4 Å². The van der Waals surface area contributed by atoms with Crippen LogP contribution >= 0.6 is 0 Å². The summed E-state index contributed by atoms with van der Waals surface area (Å²) in [6, 6.07) is 46.7. The molecule has 0 aliphatic heterocycles. The highest BCUT2D eigenvalue weighted by Crippen LogP contribution is 2.42. The van der Waals surface area contributed by atoms with Gasteiger partial charge in [0.25, 0.3) is 0 Å². The number of furan rings is 1. The fourth-order valence-corrected chi connectivity index (χ4v) is 6.25. The molecule has 9 aromatic rings. The zero-order valence-corrected chi connectivity index (χ0v) is 25.1. The quantitative estimate of drug-likeness (QED) is 0.195. The summed E-state index contributed by atoms with van der Waals surface area (Å²) in [6.07, 6.45) is 3.64. The Kier molecular flexibility index (Phi) is 6.35. The standard InChI is InChI=1S/C41H25N5O/c1-3-11-27(12-4-1)39-44-40(28-13-5-2-6-14-28)46-41(45-39)30-16-9-15-29(25-30)31-21-20-26-17-10-23-42-37(26)36(31)38-35-32-18-7-8-19-33(32)47-34(35)22-24-43-38/h1-25H. The molecule has 0 aliphatic rings. The lowest BCUT2D eigenvalue weighted by Gasteiger charge is -2.14. The number of aromatic nitrogens is 5. The molecule has 9 rings (SSSR count). The molecule has 0 unspecified atom stereocenters. The van der Waals surface area contributed by atoms with Crippen molar-refractivity contribution in [2.75, 3.05) is 0 Å². The monoisotopic (exact) mass is 603 g/mol. The summed E-state index contributed by atoms with van der Waals surface area (Å²) in [5.74, 6) is 1.84. The Morgan fingerprint density at radius 1 is 0.447 bits per heavy atom. The molecule has 6 nitrogen and oxygen atoms in total. The van der Waals surface area contributed by atoms with Crippen molar-refractivity contribution in [2.24, 2.45) is 0 Å². The van der Waals surface area contributed by atoms with Crippen LogP contribution in [0.1, 0.15) is 0 Å². The third-order valence-corrected chi connectivity index (χ3v) is 8.43. The number of hydrogen-bond acceptors (Lipinski definition) is 6. The highest BCUT2D eigenvalue weighted by atomic mass is 16.3. The van der Waals surface area contributed by atoms with E-state index in [1.165, 1.54) is 0 Å². The first-order chi connectivity index (χ1) is 23.3. The first-order valence-electron chi connectivity index (χ1n) is 15.4. The van der Waals surface area contributed by atoms with Crippen LogP contribution in [0.15, 0.2) is 156 Å². The van der Waals surface area contributed by atoms with Gasteiger partial charge < -0.3 is 4.42 Å². The Morgan fingerprint density at radius 2 is 1.11 bits per heavy atom. The van der Waals surface area contributed by atoms with Gasteiger partial charge in [0.05, 0.1) is 16.6 Å². The van der Waals surface area contributed by atoms with E-state index in [1.807, 2.05) is 116 Å². The van der Waals surface area contributed by atoms with Crippen molar-refractivity contribution in [3.63, 3.8) is 0 Å². The molecule has 5 aromatic carbocycles. The Bertz CT molecular complexity index is 2520. The molecule has 4 aromatic heterocycles. The fraction of sp³-hybridized carbons (Fsp3) is 0. The van der Waals surface area contributed by atoms with Gasteiger partial charge >= 0.3 is 0 Å². The number of para-hydroxylation sites is 1. The van der Waals surface area contributed by atoms with Crippen LogP contribution in [0.5, 0.6) is 0 Å². The first kappa shape index (κ1) is 26.8. The van der Waals surface area contributed by atoms with Gasteiger partial charge in [0, 0.05) is 45.4 Å². The molecule has 0 saturated carbocycles. The van der Waals surface area contributed by atoms with E-state index in [2.05, 4.69) is 36.4 Å². The molecule has 0 radical (unpaired) electrons. The number of pyridine rings is 2. The third-order valence-electron chi connectivity index (χ3n) is 8.43. The summed E-state index contributed by atoms with van der Waals surface area (Å²) < 4.78 is 6.26. The van der Waals surface area contributed by atoms with Crippen LogP contribution in [0.4, 0.5) is 0 Å². The van der Waals surface area contributed by atoms with Gasteiger partial charge in [-0.15, -0.1) is 0 Å². The minimum absolute atomic E-state index is 0.598. The van der Waals surface area contributed by atoms with Crippen molar-refractivity contribution in [3.05, 3.63) is 152 Å². The number of hydrogen-bond donors (Lipinski definition) is 0. The van der Waals surface area contributed by atoms with Crippen LogP contribution in [0.2, 0.25) is 0 Å². The van der Waals surface area contributed by atoms with Crippen LogP contribution < -0.4 is 0 Å². The van der Waals surface area contributed by atoms with Gasteiger partial charge in [-0.3, -0.25) is 9.97 Å². The molecule has 0 saturated heterocycles. The molecule has 0 bridgehead atoms. The summed E-state index contributed by atoms with van der Waals surface area (Å²) in [5.41, 5.74) is 9.01. The van der Waals surface area contributed by atoms with Crippen LogP contribution in [0.25, 0.3) is 89.4 Å². The normalized spacial score (nSPS) is 11.4. The fourth-order valence-electron chi connectivity index (χ4n) is 6.25. The zero-order valence-electron chi connectivity index (χ0n) is 25.1. The van der Waals surface area contributed by atoms with E-state index in [0.717, 1.165) is 71.9 Å². The zero-order chi connectivity index (χ0) is 31.2. The molecule has 4 heterocycles. The summed E-state index contributed by atoms with van der Waals surface area (Å²) in [7, 11) is 0. The van der Waals surface area contributed by atoms with E-state index in [0.29, 0.717) is 17.5 Å². The molecule has 0 fully saturated rings. The minimum Gasteiger partial charge on any atom is -0.456 e. The number of benzene rings is 5. The van der Waals surface area contributed by atoms with E-state index in [1.54, 1.807) is 0 Å². The Morgan fingerprint density at radius 3 is 1.87 bits per heavy atom. The molecular weight excluding hydrogens is 578 g/mol. The molecule has 0 amide bonds. The van der Waals surface area contributed by atoms with Crippen molar-refractivity contribution < 1.29 is 4.42 Å². The van der Waals surface area contributed by atoms with Crippen LogP contribution in [-0.4, -0.2) is 24.9 Å². The van der Waals surface area contributed by atoms with Crippen molar-refractivity contribution in [2.45, 2.75) is 0 Å². The molecule has 0 spiro atoms. The summed E-state index contributed by atoms with van der Waals surface area (Å²) >= 11 is 0. The maximum absolute atomic E-state index is 6.26. The van der Waals surface area contributed by atoms with E-state index in [9.17, 15) is 0 Å². The number of fused-ring (bicyclic) bond motifs is 4. The first-order valence-corrected chi connectivity index (χ1v) is 15.4. The van der Waals surface area contributed by atoms with Crippen LogP contribution in [0, 0.1) is 0 Å². The second-order valence-electron chi connectivity index (χ2n) is 11.3. The second kappa shape index (κ2) is 11.1. The lowest BCUT2D eigenvalue weighted by Crippen LogP contribution is -2.00. The van der Waals surface area contributed by atoms with Gasteiger partial charge in [-0.25, -0.2) is 15.0 Å². The summed E-state index contributed by atoms with van der Waals surface area (Å²) in [5, 5.41) is 3.02. The van der Waals surface area contributed by atoms with Gasteiger partial charge in [0.2, 0.25) is 0 Å². The molecule has 6 heteroatoms. The minimum atomic E-state index is 0.598. The van der Waals surface area contributed by atoms with Gasteiger partial charge in [-0.2, -0.15) is 0 Å². The summed E-state index contributed by atoms with van der Waals surface area (Å²) in [6.45, 7) is 0. The average molecular weight is 604 g/mol. The van der Waals surface area contributed by atoms with Crippen LogP contribution in [0.3, 0.4) is 0 Å². The predicted octanol–water partition coefficient (Wildman–Crippen LogP) is 10.0.